The Kier molecular flexibility index (Phi) is 6.25. The monoisotopic (exact) mass is 342 g/mol. The number of rotatable bonds is 5. The van der Waals surface area contributed by atoms with Crippen LogP contribution in [0.5, 0.6) is 0 Å². The molecule has 25 heavy (non-hydrogen) atoms. The minimum Gasteiger partial charge on any atom is -0.337 e. The second kappa shape index (κ2) is 8.40. The topological polar surface area (TPSA) is 90.5 Å². The molecule has 1 amide bonds. The second-order valence-corrected chi connectivity index (χ2v) is 6.36. The van der Waals surface area contributed by atoms with Gasteiger partial charge in [0, 0.05) is 44.4 Å². The van der Waals surface area contributed by atoms with Crippen LogP contribution in [0.25, 0.3) is 6.08 Å². The van der Waals surface area contributed by atoms with Crippen LogP contribution in [0.1, 0.15) is 19.4 Å². The van der Waals surface area contributed by atoms with E-state index in [0.717, 1.165) is 0 Å². The second-order valence-electron chi connectivity index (χ2n) is 6.36. The molecule has 7 heteroatoms. The smallest absolute Gasteiger partial charge is 0.270 e. The lowest BCUT2D eigenvalue weighted by Crippen LogP contribution is -2.52. The van der Waals surface area contributed by atoms with Gasteiger partial charge in [-0.2, -0.15) is 5.26 Å². The number of amides is 1. The number of benzene rings is 1. The summed E-state index contributed by atoms with van der Waals surface area (Å²) in [5.74, 6) is 0.130. The van der Waals surface area contributed by atoms with Gasteiger partial charge in [0.05, 0.1) is 11.0 Å². The summed E-state index contributed by atoms with van der Waals surface area (Å²) in [4.78, 5) is 26.5. The first-order valence-corrected chi connectivity index (χ1v) is 8.27. The SMILES string of the molecule is CC(C)[C@@H](C#N)N1CCN(C(=O)/C=C\c2cccc([N+](=O)[O-])c2)CC1. The highest BCUT2D eigenvalue weighted by Gasteiger charge is 2.26. The number of carbonyl (C=O) groups excluding carboxylic acids is 1. The number of non-ortho nitro benzene ring substituents is 1. The van der Waals surface area contributed by atoms with Crippen LogP contribution < -0.4 is 0 Å². The molecule has 0 spiro atoms. The highest BCUT2D eigenvalue weighted by molar-refractivity contribution is 5.91. The first-order valence-electron chi connectivity index (χ1n) is 8.27. The van der Waals surface area contributed by atoms with E-state index in [4.69, 9.17) is 0 Å². The summed E-state index contributed by atoms with van der Waals surface area (Å²) in [5.41, 5.74) is 0.616. The van der Waals surface area contributed by atoms with E-state index >= 15 is 0 Å². The normalized spacial score (nSPS) is 16.8. The zero-order valence-corrected chi connectivity index (χ0v) is 14.5. The molecular formula is C18H22N4O3. The molecule has 0 N–H and O–H groups in total. The summed E-state index contributed by atoms with van der Waals surface area (Å²) < 4.78 is 0. The Morgan fingerprint density at radius 3 is 2.56 bits per heavy atom. The van der Waals surface area contributed by atoms with Crippen molar-refractivity contribution in [1.82, 2.24) is 9.80 Å². The van der Waals surface area contributed by atoms with Crippen LogP contribution in [0.15, 0.2) is 30.3 Å². The van der Waals surface area contributed by atoms with Gasteiger partial charge in [-0.05, 0) is 17.6 Å². The molecule has 1 aliphatic rings. The Morgan fingerprint density at radius 2 is 2.00 bits per heavy atom. The standard InChI is InChI=1S/C18H22N4O3/c1-14(2)17(13-19)20-8-10-21(11-9-20)18(23)7-6-15-4-3-5-16(12-15)22(24)25/h3-7,12,14,17H,8-11H2,1-2H3/b7-6-/t17-/m1/s1. The first kappa shape index (κ1) is 18.6. The zero-order valence-electron chi connectivity index (χ0n) is 14.5. The van der Waals surface area contributed by atoms with Crippen LogP contribution >= 0.6 is 0 Å². The van der Waals surface area contributed by atoms with Crippen LogP contribution in [0, 0.1) is 27.4 Å². The molecule has 0 radical (unpaired) electrons. The Bertz CT molecular complexity index is 701. The quantitative estimate of drug-likeness (QED) is 0.465. The Balaban J connectivity index is 1.94. The fourth-order valence-electron chi connectivity index (χ4n) is 2.89. The minimum absolute atomic E-state index is 0.000515. The third kappa shape index (κ3) is 4.88. The van der Waals surface area contributed by atoms with E-state index in [2.05, 4.69) is 11.0 Å². The third-order valence-electron chi connectivity index (χ3n) is 4.28. The number of nitro groups is 1. The average Bonchev–Trinajstić information content (AvgIpc) is 2.61. The molecule has 1 aromatic rings. The van der Waals surface area contributed by atoms with Crippen LogP contribution in [0.3, 0.4) is 0 Å². The fraction of sp³-hybridized carbons (Fsp3) is 0.444. The van der Waals surface area contributed by atoms with Crippen molar-refractivity contribution in [2.45, 2.75) is 19.9 Å². The number of carbonyl (C=O) groups is 1. The molecular weight excluding hydrogens is 320 g/mol. The highest BCUT2D eigenvalue weighted by atomic mass is 16.6. The van der Waals surface area contributed by atoms with Crippen molar-refractivity contribution in [3.63, 3.8) is 0 Å². The first-order chi connectivity index (χ1) is 11.9. The molecule has 0 saturated carbocycles. The summed E-state index contributed by atoms with van der Waals surface area (Å²) in [5, 5.41) is 20.0. The lowest BCUT2D eigenvalue weighted by molar-refractivity contribution is -0.384. The number of nitrogens with zero attached hydrogens (tertiary/aromatic N) is 4. The molecule has 1 atom stereocenters. The molecule has 1 aromatic carbocycles. The molecule has 1 saturated heterocycles. The van der Waals surface area contributed by atoms with E-state index < -0.39 is 4.92 Å². The van der Waals surface area contributed by atoms with Gasteiger partial charge >= 0.3 is 0 Å². The summed E-state index contributed by atoms with van der Waals surface area (Å²) in [7, 11) is 0. The molecule has 0 unspecified atom stereocenters. The predicted molar refractivity (Wildman–Crippen MR) is 94.5 cm³/mol. The van der Waals surface area contributed by atoms with Gasteiger partial charge in [-0.15, -0.1) is 0 Å². The molecule has 0 bridgehead atoms. The van der Waals surface area contributed by atoms with E-state index in [9.17, 15) is 20.2 Å². The van der Waals surface area contributed by atoms with E-state index in [-0.39, 0.29) is 23.6 Å². The largest absolute Gasteiger partial charge is 0.337 e. The third-order valence-corrected chi connectivity index (χ3v) is 4.28. The van der Waals surface area contributed by atoms with Crippen molar-refractivity contribution in [3.05, 3.63) is 46.0 Å². The zero-order chi connectivity index (χ0) is 18.4. The van der Waals surface area contributed by atoms with Crippen molar-refractivity contribution in [2.75, 3.05) is 26.2 Å². The van der Waals surface area contributed by atoms with Crippen LogP contribution in [0.2, 0.25) is 0 Å². The lowest BCUT2D eigenvalue weighted by atomic mass is 10.0. The number of hydrogen-bond donors (Lipinski definition) is 0. The average molecular weight is 342 g/mol. The molecule has 0 aliphatic carbocycles. The maximum atomic E-state index is 12.3. The van der Waals surface area contributed by atoms with Crippen LogP contribution in [0.4, 0.5) is 5.69 Å². The minimum atomic E-state index is -0.460. The van der Waals surface area contributed by atoms with Gasteiger partial charge in [0.2, 0.25) is 5.91 Å². The van der Waals surface area contributed by atoms with Gasteiger partial charge in [0.25, 0.3) is 5.69 Å². The van der Waals surface area contributed by atoms with Gasteiger partial charge < -0.3 is 4.90 Å². The van der Waals surface area contributed by atoms with Crippen molar-refractivity contribution in [1.29, 1.82) is 5.26 Å². The molecule has 7 nitrogen and oxygen atoms in total. The number of piperazine rings is 1. The van der Waals surface area contributed by atoms with Crippen LogP contribution in [-0.4, -0.2) is 52.9 Å². The van der Waals surface area contributed by atoms with Crippen molar-refractivity contribution >= 4 is 17.7 Å². The molecule has 1 fully saturated rings. The maximum absolute atomic E-state index is 12.3. The van der Waals surface area contributed by atoms with Gasteiger partial charge in [-0.3, -0.25) is 19.8 Å². The lowest BCUT2D eigenvalue weighted by Gasteiger charge is -2.37. The van der Waals surface area contributed by atoms with E-state index in [1.807, 2.05) is 13.8 Å². The fourth-order valence-corrected chi connectivity index (χ4v) is 2.89. The van der Waals surface area contributed by atoms with Gasteiger partial charge in [0.15, 0.2) is 0 Å². The summed E-state index contributed by atoms with van der Waals surface area (Å²) in [6, 6.07) is 8.36. The van der Waals surface area contributed by atoms with Crippen molar-refractivity contribution in [3.8, 4) is 6.07 Å². The van der Waals surface area contributed by atoms with E-state index in [1.54, 1.807) is 23.1 Å². The molecule has 132 valence electrons. The predicted octanol–water partition coefficient (Wildman–Crippen LogP) is 2.30. The number of nitriles is 1. The summed E-state index contributed by atoms with van der Waals surface area (Å²) >= 11 is 0. The van der Waals surface area contributed by atoms with Gasteiger partial charge in [0.1, 0.15) is 6.04 Å². The van der Waals surface area contributed by atoms with Crippen LogP contribution in [-0.2, 0) is 4.79 Å². The molecule has 1 heterocycles. The summed E-state index contributed by atoms with van der Waals surface area (Å²) in [6.45, 7) is 6.53. The maximum Gasteiger partial charge on any atom is 0.270 e. The Labute approximate surface area is 147 Å². The molecule has 0 aromatic heterocycles. The van der Waals surface area contributed by atoms with Gasteiger partial charge in [-0.1, -0.05) is 26.0 Å². The van der Waals surface area contributed by atoms with Gasteiger partial charge in [-0.25, -0.2) is 0 Å². The van der Waals surface area contributed by atoms with E-state index in [0.29, 0.717) is 31.7 Å². The summed E-state index contributed by atoms with van der Waals surface area (Å²) in [6.07, 6.45) is 3.03. The van der Waals surface area contributed by atoms with Crippen molar-refractivity contribution < 1.29 is 9.72 Å². The molecule has 2 rings (SSSR count). The highest BCUT2D eigenvalue weighted by Crippen LogP contribution is 2.15. The van der Waals surface area contributed by atoms with E-state index in [1.165, 1.54) is 18.2 Å². The number of nitro benzene ring substituents is 1. The van der Waals surface area contributed by atoms with Crippen molar-refractivity contribution in [2.24, 2.45) is 5.92 Å². The number of hydrogen-bond acceptors (Lipinski definition) is 5. The Hall–Kier alpha value is -2.72. The molecule has 1 aliphatic heterocycles. The Morgan fingerprint density at radius 1 is 1.32 bits per heavy atom.